The monoisotopic (exact) mass is 229 g/mol. The van der Waals surface area contributed by atoms with Crippen molar-refractivity contribution in [2.75, 3.05) is 0 Å². The van der Waals surface area contributed by atoms with Gasteiger partial charge in [0.25, 0.3) is 0 Å². The van der Waals surface area contributed by atoms with Crippen molar-refractivity contribution in [1.82, 2.24) is 5.32 Å². The van der Waals surface area contributed by atoms with Gasteiger partial charge in [-0.15, -0.1) is 0 Å². The van der Waals surface area contributed by atoms with Crippen LogP contribution < -0.4 is 5.32 Å². The Morgan fingerprint density at radius 2 is 1.82 bits per heavy atom. The van der Waals surface area contributed by atoms with Crippen molar-refractivity contribution in [3.63, 3.8) is 0 Å². The van der Waals surface area contributed by atoms with Gasteiger partial charge in [0.2, 0.25) is 0 Å². The summed E-state index contributed by atoms with van der Waals surface area (Å²) in [4.78, 5) is 0. The SMILES string of the molecule is C=Cc1ccc(C(C)NC2CCCCC2)cc1. The molecule has 1 N–H and O–H groups in total. The second-order valence-corrected chi connectivity index (χ2v) is 5.09. The van der Waals surface area contributed by atoms with E-state index in [2.05, 4.69) is 43.1 Å². The molecule has 0 aromatic heterocycles. The normalized spacial score (nSPS) is 18.9. The van der Waals surface area contributed by atoms with Gasteiger partial charge in [-0.2, -0.15) is 0 Å². The molecule has 1 fully saturated rings. The Labute approximate surface area is 105 Å². The number of hydrogen-bond acceptors (Lipinski definition) is 1. The smallest absolute Gasteiger partial charge is 0.0294 e. The van der Waals surface area contributed by atoms with Gasteiger partial charge in [0.05, 0.1) is 0 Å². The number of benzene rings is 1. The third kappa shape index (κ3) is 3.44. The fraction of sp³-hybridized carbons (Fsp3) is 0.500. The summed E-state index contributed by atoms with van der Waals surface area (Å²) in [7, 11) is 0. The third-order valence-corrected chi connectivity index (χ3v) is 3.76. The van der Waals surface area contributed by atoms with Crippen LogP contribution in [0.1, 0.15) is 56.2 Å². The lowest BCUT2D eigenvalue weighted by molar-refractivity contribution is 0.347. The van der Waals surface area contributed by atoms with E-state index >= 15 is 0 Å². The lowest BCUT2D eigenvalue weighted by Crippen LogP contribution is -2.33. The van der Waals surface area contributed by atoms with E-state index in [-0.39, 0.29) is 0 Å². The van der Waals surface area contributed by atoms with Crippen LogP contribution in [0.4, 0.5) is 0 Å². The molecule has 0 radical (unpaired) electrons. The van der Waals surface area contributed by atoms with Crippen LogP contribution in [0.25, 0.3) is 6.08 Å². The summed E-state index contributed by atoms with van der Waals surface area (Å²) in [6.45, 7) is 6.04. The fourth-order valence-corrected chi connectivity index (χ4v) is 2.64. The Bertz CT molecular complexity index is 346. The van der Waals surface area contributed by atoms with Gasteiger partial charge < -0.3 is 5.32 Å². The van der Waals surface area contributed by atoms with Crippen LogP contribution in [-0.2, 0) is 0 Å². The molecule has 1 aliphatic carbocycles. The molecule has 0 bridgehead atoms. The summed E-state index contributed by atoms with van der Waals surface area (Å²) >= 11 is 0. The minimum Gasteiger partial charge on any atom is -0.307 e. The maximum atomic E-state index is 3.78. The van der Waals surface area contributed by atoms with E-state index in [9.17, 15) is 0 Å². The van der Waals surface area contributed by atoms with Crippen LogP contribution in [-0.4, -0.2) is 6.04 Å². The summed E-state index contributed by atoms with van der Waals surface area (Å²) in [6, 6.07) is 9.87. The Morgan fingerprint density at radius 3 is 2.41 bits per heavy atom. The van der Waals surface area contributed by atoms with Gasteiger partial charge in [-0.1, -0.05) is 56.2 Å². The van der Waals surface area contributed by atoms with E-state index < -0.39 is 0 Å². The maximum absolute atomic E-state index is 3.78. The van der Waals surface area contributed by atoms with Crippen molar-refractivity contribution in [3.8, 4) is 0 Å². The predicted molar refractivity (Wildman–Crippen MR) is 75.0 cm³/mol. The third-order valence-electron chi connectivity index (χ3n) is 3.76. The van der Waals surface area contributed by atoms with Crippen LogP contribution in [0, 0.1) is 0 Å². The van der Waals surface area contributed by atoms with Crippen molar-refractivity contribution in [1.29, 1.82) is 0 Å². The van der Waals surface area contributed by atoms with Gasteiger partial charge >= 0.3 is 0 Å². The Kier molecular flexibility index (Phi) is 4.38. The zero-order chi connectivity index (χ0) is 12.1. The maximum Gasteiger partial charge on any atom is 0.0294 e. The molecule has 1 aliphatic rings. The van der Waals surface area contributed by atoms with Gasteiger partial charge in [0, 0.05) is 12.1 Å². The highest BCUT2D eigenvalue weighted by Gasteiger charge is 2.15. The van der Waals surface area contributed by atoms with Crippen LogP contribution in [0.2, 0.25) is 0 Å². The van der Waals surface area contributed by atoms with Gasteiger partial charge in [0.15, 0.2) is 0 Å². The van der Waals surface area contributed by atoms with Crippen LogP contribution >= 0.6 is 0 Å². The lowest BCUT2D eigenvalue weighted by atomic mass is 9.94. The zero-order valence-corrected chi connectivity index (χ0v) is 10.8. The molecule has 1 nitrogen and oxygen atoms in total. The highest BCUT2D eigenvalue weighted by molar-refractivity contribution is 5.47. The quantitative estimate of drug-likeness (QED) is 0.811. The van der Waals surface area contributed by atoms with Crippen molar-refractivity contribution in [3.05, 3.63) is 42.0 Å². The summed E-state index contributed by atoms with van der Waals surface area (Å²) in [6.07, 6.45) is 8.77. The molecule has 2 rings (SSSR count). The highest BCUT2D eigenvalue weighted by Crippen LogP contribution is 2.21. The second kappa shape index (κ2) is 6.02. The predicted octanol–water partition coefficient (Wildman–Crippen LogP) is 4.31. The number of rotatable bonds is 4. The minimum atomic E-state index is 0.456. The molecule has 1 heteroatoms. The largest absolute Gasteiger partial charge is 0.307 e. The van der Waals surface area contributed by atoms with Crippen molar-refractivity contribution >= 4 is 6.08 Å². The first-order chi connectivity index (χ1) is 8.29. The molecule has 0 saturated heterocycles. The van der Waals surface area contributed by atoms with Crippen molar-refractivity contribution in [2.24, 2.45) is 0 Å². The molecule has 1 aromatic carbocycles. The van der Waals surface area contributed by atoms with E-state index in [1.165, 1.54) is 43.2 Å². The van der Waals surface area contributed by atoms with Crippen molar-refractivity contribution in [2.45, 2.75) is 51.1 Å². The van der Waals surface area contributed by atoms with Crippen LogP contribution in [0.5, 0.6) is 0 Å². The molecular weight excluding hydrogens is 206 g/mol. The topological polar surface area (TPSA) is 12.0 Å². The van der Waals surface area contributed by atoms with E-state index in [0.717, 1.165) is 6.04 Å². The summed E-state index contributed by atoms with van der Waals surface area (Å²) in [5.74, 6) is 0. The summed E-state index contributed by atoms with van der Waals surface area (Å²) < 4.78 is 0. The van der Waals surface area contributed by atoms with Crippen LogP contribution in [0.3, 0.4) is 0 Å². The molecule has 0 heterocycles. The number of nitrogens with one attached hydrogen (secondary N) is 1. The minimum absolute atomic E-state index is 0.456. The van der Waals surface area contributed by atoms with E-state index in [1.807, 2.05) is 6.08 Å². The number of hydrogen-bond donors (Lipinski definition) is 1. The molecule has 92 valence electrons. The molecule has 1 unspecified atom stereocenters. The van der Waals surface area contributed by atoms with Gasteiger partial charge in [-0.05, 0) is 30.9 Å². The average molecular weight is 229 g/mol. The molecule has 0 spiro atoms. The summed E-state index contributed by atoms with van der Waals surface area (Å²) in [5, 5.41) is 3.75. The molecule has 1 aromatic rings. The molecule has 1 atom stereocenters. The first-order valence-electron chi connectivity index (χ1n) is 6.78. The van der Waals surface area contributed by atoms with E-state index in [4.69, 9.17) is 0 Å². The Balaban J connectivity index is 1.93. The fourth-order valence-electron chi connectivity index (χ4n) is 2.64. The first kappa shape index (κ1) is 12.4. The molecular formula is C16H23N. The summed E-state index contributed by atoms with van der Waals surface area (Å²) in [5.41, 5.74) is 2.57. The van der Waals surface area contributed by atoms with E-state index in [1.54, 1.807) is 0 Å². The molecule has 0 aliphatic heterocycles. The van der Waals surface area contributed by atoms with Gasteiger partial charge in [-0.3, -0.25) is 0 Å². The lowest BCUT2D eigenvalue weighted by Gasteiger charge is -2.26. The molecule has 1 saturated carbocycles. The van der Waals surface area contributed by atoms with Gasteiger partial charge in [-0.25, -0.2) is 0 Å². The Morgan fingerprint density at radius 1 is 1.18 bits per heavy atom. The second-order valence-electron chi connectivity index (χ2n) is 5.09. The van der Waals surface area contributed by atoms with Crippen molar-refractivity contribution < 1.29 is 0 Å². The van der Waals surface area contributed by atoms with Crippen LogP contribution in [0.15, 0.2) is 30.8 Å². The standard InChI is InChI=1S/C16H23N/c1-3-14-9-11-15(12-10-14)13(2)17-16-7-5-4-6-8-16/h3,9-13,16-17H,1,4-8H2,2H3. The molecule has 17 heavy (non-hydrogen) atoms. The van der Waals surface area contributed by atoms with Gasteiger partial charge in [0.1, 0.15) is 0 Å². The zero-order valence-electron chi connectivity index (χ0n) is 10.8. The Hall–Kier alpha value is -1.08. The molecule has 0 amide bonds. The highest BCUT2D eigenvalue weighted by atomic mass is 14.9. The average Bonchev–Trinajstić information content (AvgIpc) is 2.40. The van der Waals surface area contributed by atoms with E-state index in [0.29, 0.717) is 6.04 Å². The first-order valence-corrected chi connectivity index (χ1v) is 6.78.